The summed E-state index contributed by atoms with van der Waals surface area (Å²) in [7, 11) is 1.54. The topological polar surface area (TPSA) is 42.4 Å². The van der Waals surface area contributed by atoms with Crippen molar-refractivity contribution in [3.63, 3.8) is 0 Å². The Bertz CT molecular complexity index is 732. The smallest absolute Gasteiger partial charge is 0.165 e. The zero-order valence-corrected chi connectivity index (χ0v) is 10.5. The van der Waals surface area contributed by atoms with Crippen LogP contribution in [0.15, 0.2) is 54.9 Å². The maximum atomic E-state index is 10.2. The molecule has 3 heteroatoms. The molecule has 0 saturated heterocycles. The van der Waals surface area contributed by atoms with Gasteiger partial charge in [0.05, 0.1) is 7.11 Å². The van der Waals surface area contributed by atoms with Gasteiger partial charge in [0, 0.05) is 28.9 Å². The van der Waals surface area contributed by atoms with Crippen LogP contribution in [0.25, 0.3) is 21.9 Å². The molecule has 1 aromatic heterocycles. The molecular weight excluding hydrogens is 238 g/mol. The number of methoxy groups -OCH3 is 1. The van der Waals surface area contributed by atoms with Crippen molar-refractivity contribution in [1.82, 2.24) is 4.98 Å². The lowest BCUT2D eigenvalue weighted by Crippen LogP contribution is -1.88. The maximum Gasteiger partial charge on any atom is 0.165 e. The quantitative estimate of drug-likeness (QED) is 0.756. The Hall–Kier alpha value is -2.55. The molecule has 3 aromatic rings. The lowest BCUT2D eigenvalue weighted by Gasteiger charge is -2.10. The van der Waals surface area contributed by atoms with E-state index >= 15 is 0 Å². The van der Waals surface area contributed by atoms with Crippen LogP contribution < -0.4 is 4.74 Å². The number of phenols is 1. The van der Waals surface area contributed by atoms with E-state index in [9.17, 15) is 5.11 Å². The molecule has 1 N–H and O–H groups in total. The van der Waals surface area contributed by atoms with Crippen LogP contribution in [0, 0.1) is 0 Å². The summed E-state index contributed by atoms with van der Waals surface area (Å²) in [5, 5.41) is 12.3. The van der Waals surface area contributed by atoms with Crippen molar-refractivity contribution in [2.24, 2.45) is 0 Å². The monoisotopic (exact) mass is 251 g/mol. The van der Waals surface area contributed by atoms with E-state index in [4.69, 9.17) is 4.74 Å². The number of aromatic hydroxyl groups is 1. The van der Waals surface area contributed by atoms with Crippen LogP contribution in [0.5, 0.6) is 11.5 Å². The Kier molecular flexibility index (Phi) is 2.80. The van der Waals surface area contributed by atoms with Gasteiger partial charge in [-0.25, -0.2) is 0 Å². The molecule has 3 rings (SSSR count). The Morgan fingerprint density at radius 2 is 1.79 bits per heavy atom. The van der Waals surface area contributed by atoms with Crippen LogP contribution in [-0.4, -0.2) is 17.2 Å². The van der Waals surface area contributed by atoms with E-state index in [1.54, 1.807) is 19.4 Å². The number of nitrogens with zero attached hydrogens (tertiary/aromatic N) is 1. The van der Waals surface area contributed by atoms with Crippen molar-refractivity contribution in [3.8, 4) is 22.6 Å². The predicted octanol–water partition coefficient (Wildman–Crippen LogP) is 3.62. The molecular formula is C16H13NO2. The molecule has 0 bridgehead atoms. The van der Waals surface area contributed by atoms with Crippen molar-refractivity contribution < 1.29 is 9.84 Å². The number of hydrogen-bond donors (Lipinski definition) is 1. The summed E-state index contributed by atoms with van der Waals surface area (Å²) in [4.78, 5) is 4.23. The Morgan fingerprint density at radius 1 is 0.947 bits per heavy atom. The van der Waals surface area contributed by atoms with Gasteiger partial charge >= 0.3 is 0 Å². The van der Waals surface area contributed by atoms with Crippen LogP contribution in [0.2, 0.25) is 0 Å². The molecule has 0 aliphatic heterocycles. The molecule has 0 unspecified atom stereocenters. The minimum atomic E-state index is 0.142. The SMILES string of the molecule is COc1cccc(-c2cncc3ccccc23)c1O. The molecule has 0 aliphatic rings. The van der Waals surface area contributed by atoms with Crippen LogP contribution in [0.3, 0.4) is 0 Å². The first kappa shape index (κ1) is 11.5. The number of fused-ring (bicyclic) bond motifs is 1. The van der Waals surface area contributed by atoms with Crippen molar-refractivity contribution >= 4 is 10.8 Å². The standard InChI is InChI=1S/C16H13NO2/c1-19-15-8-4-7-13(16(15)18)14-10-17-9-11-5-2-3-6-12(11)14/h2-10,18H,1H3. The zero-order chi connectivity index (χ0) is 13.2. The van der Waals surface area contributed by atoms with Crippen LogP contribution in [0.1, 0.15) is 0 Å². The number of benzene rings is 2. The third-order valence-corrected chi connectivity index (χ3v) is 3.18. The zero-order valence-electron chi connectivity index (χ0n) is 10.5. The van der Waals surface area contributed by atoms with E-state index in [2.05, 4.69) is 4.98 Å². The van der Waals surface area contributed by atoms with Gasteiger partial charge in [-0.05, 0) is 11.5 Å². The molecule has 94 valence electrons. The second-order valence-electron chi connectivity index (χ2n) is 4.26. The average Bonchev–Trinajstić information content (AvgIpc) is 2.47. The summed E-state index contributed by atoms with van der Waals surface area (Å²) < 4.78 is 5.15. The van der Waals surface area contributed by atoms with E-state index in [1.165, 1.54) is 0 Å². The molecule has 0 radical (unpaired) electrons. The van der Waals surface area contributed by atoms with Crippen LogP contribution in [-0.2, 0) is 0 Å². The molecule has 0 amide bonds. The largest absolute Gasteiger partial charge is 0.504 e. The van der Waals surface area contributed by atoms with Gasteiger partial charge in [0.15, 0.2) is 11.5 Å². The van der Waals surface area contributed by atoms with E-state index in [1.807, 2.05) is 42.6 Å². The number of aromatic nitrogens is 1. The normalized spacial score (nSPS) is 10.6. The van der Waals surface area contributed by atoms with Crippen molar-refractivity contribution in [1.29, 1.82) is 0 Å². The molecule has 1 heterocycles. The van der Waals surface area contributed by atoms with Gasteiger partial charge in [-0.15, -0.1) is 0 Å². The van der Waals surface area contributed by atoms with E-state index in [0.717, 1.165) is 21.9 Å². The van der Waals surface area contributed by atoms with Crippen LogP contribution in [0.4, 0.5) is 0 Å². The molecule has 3 nitrogen and oxygen atoms in total. The fourth-order valence-corrected chi connectivity index (χ4v) is 2.24. The highest BCUT2D eigenvalue weighted by Crippen LogP contribution is 2.39. The Balaban J connectivity index is 2.31. The third-order valence-electron chi connectivity index (χ3n) is 3.18. The summed E-state index contributed by atoms with van der Waals surface area (Å²) in [6, 6.07) is 13.4. The lowest BCUT2D eigenvalue weighted by atomic mass is 10.00. The first-order valence-electron chi connectivity index (χ1n) is 6.00. The average molecular weight is 251 g/mol. The molecule has 0 fully saturated rings. The highest BCUT2D eigenvalue weighted by atomic mass is 16.5. The highest BCUT2D eigenvalue weighted by Gasteiger charge is 2.11. The number of pyridine rings is 1. The fourth-order valence-electron chi connectivity index (χ4n) is 2.24. The van der Waals surface area contributed by atoms with Gasteiger partial charge in [-0.2, -0.15) is 0 Å². The highest BCUT2D eigenvalue weighted by molar-refractivity contribution is 5.97. The van der Waals surface area contributed by atoms with E-state index in [-0.39, 0.29) is 5.75 Å². The summed E-state index contributed by atoms with van der Waals surface area (Å²) in [5.74, 6) is 0.605. The van der Waals surface area contributed by atoms with Gasteiger partial charge in [-0.1, -0.05) is 36.4 Å². The summed E-state index contributed by atoms with van der Waals surface area (Å²) in [6.45, 7) is 0. The second kappa shape index (κ2) is 4.61. The minimum Gasteiger partial charge on any atom is -0.504 e. The summed E-state index contributed by atoms with van der Waals surface area (Å²) >= 11 is 0. The first-order valence-corrected chi connectivity index (χ1v) is 6.00. The number of para-hydroxylation sites is 1. The number of ether oxygens (including phenoxy) is 1. The summed E-state index contributed by atoms with van der Waals surface area (Å²) in [5.41, 5.74) is 1.62. The number of rotatable bonds is 2. The Morgan fingerprint density at radius 3 is 2.63 bits per heavy atom. The van der Waals surface area contributed by atoms with Crippen molar-refractivity contribution in [3.05, 3.63) is 54.9 Å². The molecule has 0 saturated carbocycles. The first-order chi connectivity index (χ1) is 9.31. The van der Waals surface area contributed by atoms with E-state index in [0.29, 0.717) is 5.75 Å². The molecule has 19 heavy (non-hydrogen) atoms. The number of phenolic OH excluding ortho intramolecular Hbond substituents is 1. The molecule has 0 spiro atoms. The molecule has 0 atom stereocenters. The lowest BCUT2D eigenvalue weighted by molar-refractivity contribution is 0.374. The maximum absolute atomic E-state index is 10.2. The van der Waals surface area contributed by atoms with Crippen LogP contribution >= 0.6 is 0 Å². The van der Waals surface area contributed by atoms with Crippen molar-refractivity contribution in [2.75, 3.05) is 7.11 Å². The van der Waals surface area contributed by atoms with Gasteiger partial charge in [0.2, 0.25) is 0 Å². The molecule has 2 aromatic carbocycles. The Labute approximate surface area is 111 Å². The summed E-state index contributed by atoms with van der Waals surface area (Å²) in [6.07, 6.45) is 3.58. The van der Waals surface area contributed by atoms with Crippen molar-refractivity contribution in [2.45, 2.75) is 0 Å². The third kappa shape index (κ3) is 1.89. The van der Waals surface area contributed by atoms with Gasteiger partial charge in [0.25, 0.3) is 0 Å². The predicted molar refractivity (Wildman–Crippen MR) is 75.4 cm³/mol. The second-order valence-corrected chi connectivity index (χ2v) is 4.26. The number of hydrogen-bond acceptors (Lipinski definition) is 3. The van der Waals surface area contributed by atoms with Gasteiger partial charge < -0.3 is 9.84 Å². The van der Waals surface area contributed by atoms with E-state index < -0.39 is 0 Å². The van der Waals surface area contributed by atoms with Gasteiger partial charge in [0.1, 0.15) is 0 Å². The van der Waals surface area contributed by atoms with Gasteiger partial charge in [-0.3, -0.25) is 4.98 Å². The molecule has 0 aliphatic carbocycles. The minimum absolute atomic E-state index is 0.142. The fraction of sp³-hybridized carbons (Fsp3) is 0.0625.